The lowest BCUT2D eigenvalue weighted by atomic mass is 9.86. The maximum absolute atomic E-state index is 13.3. The van der Waals surface area contributed by atoms with Crippen molar-refractivity contribution >= 4 is 34.4 Å². The molecule has 2 atom stereocenters. The summed E-state index contributed by atoms with van der Waals surface area (Å²) in [5.41, 5.74) is -1.11. The van der Waals surface area contributed by atoms with E-state index in [0.717, 1.165) is 16.5 Å². The first-order valence-electron chi connectivity index (χ1n) is 10.8. The minimum Gasteiger partial charge on any atom is -0.488 e. The quantitative estimate of drug-likeness (QED) is 0.661. The van der Waals surface area contributed by atoms with Gasteiger partial charge in [-0.3, -0.25) is 4.79 Å². The smallest absolute Gasteiger partial charge is 0.408 e. The molecule has 7 nitrogen and oxygen atoms in total. The Kier molecular flexibility index (Phi) is 6.89. The molecular formula is C24H32ClN3O4. The summed E-state index contributed by atoms with van der Waals surface area (Å²) in [6, 6.07) is 6.86. The zero-order valence-electron chi connectivity index (χ0n) is 19.6. The Hall–Kier alpha value is -2.54. The number of hydrogen-bond donors (Lipinski definition) is 1. The molecule has 0 radical (unpaired) electrons. The van der Waals surface area contributed by atoms with E-state index in [2.05, 4.69) is 10.3 Å². The molecule has 3 rings (SSSR count). The largest absolute Gasteiger partial charge is 0.488 e. The summed E-state index contributed by atoms with van der Waals surface area (Å²) >= 11 is 6.14. The van der Waals surface area contributed by atoms with Crippen LogP contribution in [0, 0.1) is 5.41 Å². The Morgan fingerprint density at radius 1 is 1.19 bits per heavy atom. The number of pyridine rings is 1. The number of rotatable bonds is 4. The first-order valence-corrected chi connectivity index (χ1v) is 11.2. The topological polar surface area (TPSA) is 80.8 Å². The molecule has 0 aliphatic carbocycles. The number of fused-ring (bicyclic) bond motifs is 1. The number of likely N-dealkylation sites (tertiary alicyclic amines) is 1. The number of benzene rings is 1. The van der Waals surface area contributed by atoms with Crippen molar-refractivity contribution in [1.82, 2.24) is 15.2 Å². The first-order chi connectivity index (χ1) is 14.8. The molecule has 1 fully saturated rings. The van der Waals surface area contributed by atoms with Crippen LogP contribution in [0.3, 0.4) is 0 Å². The molecular weight excluding hydrogens is 430 g/mol. The van der Waals surface area contributed by atoms with Crippen molar-refractivity contribution in [3.8, 4) is 5.75 Å². The third kappa shape index (κ3) is 6.03. The van der Waals surface area contributed by atoms with Crippen molar-refractivity contribution in [3.05, 3.63) is 35.6 Å². The zero-order valence-corrected chi connectivity index (χ0v) is 20.3. The van der Waals surface area contributed by atoms with Crippen molar-refractivity contribution < 1.29 is 19.1 Å². The molecule has 1 aromatic heterocycles. The van der Waals surface area contributed by atoms with Crippen LogP contribution in [0.1, 0.15) is 48.0 Å². The second-order valence-corrected chi connectivity index (χ2v) is 10.6. The summed E-state index contributed by atoms with van der Waals surface area (Å²) in [4.78, 5) is 31.4. The van der Waals surface area contributed by atoms with Crippen molar-refractivity contribution in [2.75, 3.05) is 13.1 Å². The molecule has 8 heteroatoms. The van der Waals surface area contributed by atoms with E-state index in [1.807, 2.05) is 45.0 Å². The van der Waals surface area contributed by atoms with Gasteiger partial charge in [-0.15, -0.1) is 0 Å². The van der Waals surface area contributed by atoms with Gasteiger partial charge in [-0.05, 0) is 55.8 Å². The van der Waals surface area contributed by atoms with Crippen LogP contribution in [0.4, 0.5) is 4.79 Å². The van der Waals surface area contributed by atoms with Gasteiger partial charge in [0.05, 0.1) is 6.54 Å². The van der Waals surface area contributed by atoms with Gasteiger partial charge in [0, 0.05) is 24.5 Å². The third-order valence-electron chi connectivity index (χ3n) is 5.22. The molecule has 32 heavy (non-hydrogen) atoms. The van der Waals surface area contributed by atoms with Crippen molar-refractivity contribution in [1.29, 1.82) is 0 Å². The summed E-state index contributed by atoms with van der Waals surface area (Å²) in [6.45, 7) is 12.2. The Labute approximate surface area is 194 Å². The van der Waals surface area contributed by atoms with E-state index in [0.29, 0.717) is 24.7 Å². The molecule has 1 N–H and O–H groups in total. The Bertz CT molecular complexity index is 997. The number of nitrogens with zero attached hydrogens (tertiary/aromatic N) is 2. The van der Waals surface area contributed by atoms with Crippen molar-refractivity contribution in [2.24, 2.45) is 5.41 Å². The SMILES string of the molecule is CC(C)(C)OC(=O)N[C@H](C(=O)N1CC[C@@H](Oc2ccc3c(Cl)nccc3c2)C1)C(C)(C)C. The average molecular weight is 462 g/mol. The van der Waals surface area contributed by atoms with E-state index in [-0.39, 0.29) is 12.0 Å². The van der Waals surface area contributed by atoms with Crippen LogP contribution >= 0.6 is 11.6 Å². The molecule has 0 spiro atoms. The third-order valence-corrected chi connectivity index (χ3v) is 5.52. The number of hydrogen-bond acceptors (Lipinski definition) is 5. The van der Waals surface area contributed by atoms with Gasteiger partial charge in [0.25, 0.3) is 0 Å². The summed E-state index contributed by atoms with van der Waals surface area (Å²) in [7, 11) is 0. The maximum Gasteiger partial charge on any atom is 0.408 e. The molecule has 1 aliphatic rings. The van der Waals surface area contributed by atoms with Crippen LogP contribution in [0.5, 0.6) is 5.75 Å². The fourth-order valence-electron chi connectivity index (χ4n) is 3.67. The number of carbonyl (C=O) groups is 2. The van der Waals surface area contributed by atoms with Crippen LogP contribution in [0.25, 0.3) is 10.8 Å². The highest BCUT2D eigenvalue weighted by atomic mass is 35.5. The molecule has 1 aromatic carbocycles. The van der Waals surface area contributed by atoms with Gasteiger partial charge in [0.1, 0.15) is 28.6 Å². The van der Waals surface area contributed by atoms with Gasteiger partial charge < -0.3 is 19.7 Å². The van der Waals surface area contributed by atoms with Crippen LogP contribution in [0.15, 0.2) is 30.5 Å². The van der Waals surface area contributed by atoms with Gasteiger partial charge >= 0.3 is 6.09 Å². The second-order valence-electron chi connectivity index (χ2n) is 10.2. The highest BCUT2D eigenvalue weighted by molar-refractivity contribution is 6.34. The predicted molar refractivity (Wildman–Crippen MR) is 125 cm³/mol. The normalized spacial score (nSPS) is 17.8. The summed E-state index contributed by atoms with van der Waals surface area (Å²) < 4.78 is 11.5. The average Bonchev–Trinajstić information content (AvgIpc) is 3.12. The van der Waals surface area contributed by atoms with E-state index >= 15 is 0 Å². The molecule has 0 saturated carbocycles. The number of halogens is 1. The van der Waals surface area contributed by atoms with Crippen molar-refractivity contribution in [2.45, 2.75) is 65.7 Å². The Morgan fingerprint density at radius 3 is 2.56 bits per heavy atom. The van der Waals surface area contributed by atoms with Gasteiger partial charge in [-0.2, -0.15) is 0 Å². The van der Waals surface area contributed by atoms with E-state index in [4.69, 9.17) is 21.1 Å². The summed E-state index contributed by atoms with van der Waals surface area (Å²) in [6.07, 6.45) is 1.65. The Balaban J connectivity index is 1.66. The molecule has 174 valence electrons. The first kappa shape index (κ1) is 24.1. The number of aromatic nitrogens is 1. The molecule has 2 aromatic rings. The lowest BCUT2D eigenvalue weighted by Gasteiger charge is -2.34. The van der Waals surface area contributed by atoms with Crippen LogP contribution in [-0.4, -0.2) is 52.7 Å². The highest BCUT2D eigenvalue weighted by Crippen LogP contribution is 2.28. The fraction of sp³-hybridized carbons (Fsp3) is 0.542. The second kappa shape index (κ2) is 9.14. The molecule has 0 bridgehead atoms. The minimum atomic E-state index is -0.702. The van der Waals surface area contributed by atoms with E-state index in [1.165, 1.54) is 0 Å². The van der Waals surface area contributed by atoms with Crippen LogP contribution in [-0.2, 0) is 9.53 Å². The van der Waals surface area contributed by atoms with Crippen molar-refractivity contribution in [3.63, 3.8) is 0 Å². The lowest BCUT2D eigenvalue weighted by Crippen LogP contribution is -2.55. The number of nitrogens with one attached hydrogen (secondary N) is 1. The predicted octanol–water partition coefficient (Wildman–Crippen LogP) is 4.81. The molecule has 1 aliphatic heterocycles. The fourth-order valence-corrected chi connectivity index (χ4v) is 3.89. The Morgan fingerprint density at radius 2 is 1.91 bits per heavy atom. The van der Waals surface area contributed by atoms with Gasteiger partial charge in [-0.1, -0.05) is 32.4 Å². The van der Waals surface area contributed by atoms with Gasteiger partial charge in [0.15, 0.2) is 0 Å². The van der Waals surface area contributed by atoms with Gasteiger partial charge in [-0.25, -0.2) is 9.78 Å². The molecule has 2 amide bonds. The lowest BCUT2D eigenvalue weighted by molar-refractivity contribution is -0.135. The van der Waals surface area contributed by atoms with Gasteiger partial charge in [0.2, 0.25) is 5.91 Å². The minimum absolute atomic E-state index is 0.129. The molecule has 2 heterocycles. The highest BCUT2D eigenvalue weighted by Gasteiger charge is 2.39. The zero-order chi connectivity index (χ0) is 23.7. The summed E-state index contributed by atoms with van der Waals surface area (Å²) in [5.74, 6) is 0.587. The molecule has 1 saturated heterocycles. The monoisotopic (exact) mass is 461 g/mol. The summed E-state index contributed by atoms with van der Waals surface area (Å²) in [5, 5.41) is 5.04. The number of carbonyl (C=O) groups excluding carboxylic acids is 2. The molecule has 0 unspecified atom stereocenters. The number of ether oxygens (including phenoxy) is 2. The van der Waals surface area contributed by atoms with E-state index in [9.17, 15) is 9.59 Å². The van der Waals surface area contributed by atoms with Crippen LogP contribution < -0.4 is 10.1 Å². The van der Waals surface area contributed by atoms with E-state index in [1.54, 1.807) is 31.9 Å². The maximum atomic E-state index is 13.3. The number of amides is 2. The van der Waals surface area contributed by atoms with Crippen LogP contribution in [0.2, 0.25) is 5.15 Å². The standard InChI is InChI=1S/C24H32ClN3O4/c1-23(2,3)19(27-22(30)32-24(4,5)6)21(29)28-12-10-17(14-28)31-16-7-8-18-15(13-16)9-11-26-20(18)25/h7-9,11,13,17,19H,10,12,14H2,1-6H3,(H,27,30)/t17-,19-/m1/s1. The number of alkyl carbamates (subject to hydrolysis) is 1. The van der Waals surface area contributed by atoms with E-state index < -0.39 is 23.2 Å².